The zero-order chi connectivity index (χ0) is 19.4. The van der Waals surface area contributed by atoms with E-state index in [9.17, 15) is 13.2 Å². The number of nitrogens with zero attached hydrogens (tertiary/aromatic N) is 4. The van der Waals surface area contributed by atoms with Gasteiger partial charge < -0.3 is 10.6 Å². The number of sulfonamides is 1. The van der Waals surface area contributed by atoms with Crippen molar-refractivity contribution in [3.05, 3.63) is 41.7 Å². The lowest BCUT2D eigenvalue weighted by Gasteiger charge is -2.09. The van der Waals surface area contributed by atoms with E-state index in [1.807, 2.05) is 6.07 Å². The van der Waals surface area contributed by atoms with Crippen molar-refractivity contribution in [1.82, 2.24) is 30.3 Å². The fourth-order valence-electron chi connectivity index (χ4n) is 2.85. The fourth-order valence-corrected chi connectivity index (χ4v) is 3.89. The number of rotatable bonds is 6. The third-order valence-corrected chi connectivity index (χ3v) is 5.72. The Kier molecular flexibility index (Phi) is 5.50. The van der Waals surface area contributed by atoms with Crippen LogP contribution in [0.4, 0.5) is 0 Å². The van der Waals surface area contributed by atoms with Gasteiger partial charge in [0, 0.05) is 13.6 Å². The molecule has 142 valence electrons. The first kappa shape index (κ1) is 19.0. The van der Waals surface area contributed by atoms with Crippen LogP contribution in [0.25, 0.3) is 0 Å². The van der Waals surface area contributed by atoms with Gasteiger partial charge >= 0.3 is 0 Å². The molecule has 0 aliphatic carbocycles. The van der Waals surface area contributed by atoms with Crippen molar-refractivity contribution in [2.24, 2.45) is 0 Å². The minimum Gasteiger partial charge on any atom is -0.358 e. The first-order chi connectivity index (χ1) is 12.9. The molecule has 1 saturated heterocycles. The summed E-state index contributed by atoms with van der Waals surface area (Å²) < 4.78 is 28.8. The van der Waals surface area contributed by atoms with Crippen LogP contribution < -0.4 is 15.4 Å². The number of aromatic nitrogens is 3. The molecule has 0 spiro atoms. The average molecular weight is 389 g/mol. The fraction of sp³-hybridized carbons (Fsp3) is 0.375. The van der Waals surface area contributed by atoms with E-state index >= 15 is 0 Å². The highest BCUT2D eigenvalue weighted by atomic mass is 32.2. The second kappa shape index (κ2) is 7.83. The smallest absolute Gasteiger partial charge is 0.240 e. The summed E-state index contributed by atoms with van der Waals surface area (Å²) in [5.74, 6) is -0.0785. The number of nitriles is 1. The maximum atomic E-state index is 12.4. The molecule has 1 amide bonds. The Morgan fingerprint density at radius 2 is 2.30 bits per heavy atom. The van der Waals surface area contributed by atoms with Crippen molar-refractivity contribution in [1.29, 1.82) is 5.26 Å². The molecule has 0 radical (unpaired) electrons. The van der Waals surface area contributed by atoms with E-state index in [-0.39, 0.29) is 35.0 Å². The topological polar surface area (TPSA) is 142 Å². The minimum absolute atomic E-state index is 0.0161. The normalized spacial score (nSPS) is 19.6. The highest BCUT2D eigenvalue weighted by molar-refractivity contribution is 7.89. The molecule has 10 nitrogen and oxygen atoms in total. The van der Waals surface area contributed by atoms with E-state index in [1.165, 1.54) is 24.3 Å². The van der Waals surface area contributed by atoms with Crippen LogP contribution in [0, 0.1) is 11.3 Å². The highest BCUT2D eigenvalue weighted by Gasteiger charge is 2.30. The molecule has 0 bridgehead atoms. The van der Waals surface area contributed by atoms with Crippen LogP contribution in [-0.4, -0.2) is 49.0 Å². The zero-order valence-electron chi connectivity index (χ0n) is 14.6. The molecular formula is C16H19N7O3S. The van der Waals surface area contributed by atoms with Crippen molar-refractivity contribution >= 4 is 15.9 Å². The van der Waals surface area contributed by atoms with Gasteiger partial charge in [-0.1, -0.05) is 11.3 Å². The van der Waals surface area contributed by atoms with Crippen molar-refractivity contribution in [2.75, 3.05) is 13.6 Å². The molecule has 1 aromatic heterocycles. The number of hydrogen-bond acceptors (Lipinski definition) is 7. The lowest BCUT2D eigenvalue weighted by molar-refractivity contribution is -0.122. The van der Waals surface area contributed by atoms with Gasteiger partial charge in [0.1, 0.15) is 0 Å². The molecule has 2 aromatic rings. The lowest BCUT2D eigenvalue weighted by atomic mass is 10.1. The Balaban J connectivity index is 1.63. The molecule has 0 unspecified atom stereocenters. The van der Waals surface area contributed by atoms with E-state index in [4.69, 9.17) is 5.26 Å². The van der Waals surface area contributed by atoms with Gasteiger partial charge in [-0.15, -0.1) is 5.10 Å². The van der Waals surface area contributed by atoms with Gasteiger partial charge in [0.2, 0.25) is 15.9 Å². The average Bonchev–Trinajstić information content (AvgIpc) is 3.35. The molecule has 3 N–H and O–H groups in total. The van der Waals surface area contributed by atoms with Crippen LogP contribution in [0.2, 0.25) is 0 Å². The van der Waals surface area contributed by atoms with Gasteiger partial charge in [0.15, 0.2) is 0 Å². The van der Waals surface area contributed by atoms with E-state index < -0.39 is 10.0 Å². The predicted molar refractivity (Wildman–Crippen MR) is 94.7 cm³/mol. The van der Waals surface area contributed by atoms with Crippen LogP contribution in [0.1, 0.15) is 23.7 Å². The Morgan fingerprint density at radius 3 is 3.04 bits per heavy atom. The number of carbonyl (C=O) groups is 1. The standard InChI is InChI=1S/C16H19N7O3S/c1-18-16(24)15-6-13(9-19-15)23-10-12(21-22-23)8-20-27(25,26)14-4-2-3-11(5-14)7-17/h2-5,10,13,15,19-20H,6,8-9H2,1H3,(H,18,24)/t13-,15-/m0/s1. The van der Waals surface area contributed by atoms with Gasteiger partial charge in [-0.2, -0.15) is 5.26 Å². The molecule has 3 rings (SSSR count). The molecule has 2 atom stereocenters. The maximum absolute atomic E-state index is 12.4. The molecule has 11 heteroatoms. The van der Waals surface area contributed by atoms with Crippen molar-refractivity contribution < 1.29 is 13.2 Å². The second-order valence-electron chi connectivity index (χ2n) is 6.12. The van der Waals surface area contributed by atoms with Gasteiger partial charge in [0.05, 0.1) is 47.0 Å². The summed E-state index contributed by atoms with van der Waals surface area (Å²) in [6.07, 6.45) is 2.24. The molecule has 0 saturated carbocycles. The quantitative estimate of drug-likeness (QED) is 0.592. The zero-order valence-corrected chi connectivity index (χ0v) is 15.4. The lowest BCUT2D eigenvalue weighted by Crippen LogP contribution is -2.38. The number of carbonyl (C=O) groups excluding carboxylic acids is 1. The van der Waals surface area contributed by atoms with Gasteiger partial charge in [-0.3, -0.25) is 4.79 Å². The first-order valence-corrected chi connectivity index (χ1v) is 9.77. The number of likely N-dealkylation sites (N-methyl/N-ethyl adjacent to an activating group) is 1. The molecule has 2 heterocycles. The van der Waals surface area contributed by atoms with E-state index in [1.54, 1.807) is 17.9 Å². The SMILES string of the molecule is CNC(=O)[C@@H]1C[C@H](n2cc(CNS(=O)(=O)c3cccc(C#N)c3)nn2)CN1. The third kappa shape index (κ3) is 4.30. The van der Waals surface area contributed by atoms with Crippen LogP contribution >= 0.6 is 0 Å². The highest BCUT2D eigenvalue weighted by Crippen LogP contribution is 2.19. The van der Waals surface area contributed by atoms with Gasteiger partial charge in [-0.05, 0) is 24.6 Å². The summed E-state index contributed by atoms with van der Waals surface area (Å²) in [7, 11) is -2.18. The first-order valence-electron chi connectivity index (χ1n) is 8.28. The summed E-state index contributed by atoms with van der Waals surface area (Å²) in [6.45, 7) is 0.547. The van der Waals surface area contributed by atoms with Crippen LogP contribution in [0.15, 0.2) is 35.4 Å². The van der Waals surface area contributed by atoms with Crippen molar-refractivity contribution in [3.8, 4) is 6.07 Å². The molecule has 1 fully saturated rings. The Bertz CT molecular complexity index is 980. The van der Waals surface area contributed by atoms with Gasteiger partial charge in [0.25, 0.3) is 0 Å². The predicted octanol–water partition coefficient (Wildman–Crippen LogP) is -0.723. The molecule has 27 heavy (non-hydrogen) atoms. The van der Waals surface area contributed by atoms with E-state index in [0.29, 0.717) is 18.7 Å². The largest absolute Gasteiger partial charge is 0.358 e. The van der Waals surface area contributed by atoms with Crippen LogP contribution in [-0.2, 0) is 21.4 Å². The Labute approximate surface area is 156 Å². The summed E-state index contributed by atoms with van der Waals surface area (Å²) in [4.78, 5) is 11.7. The van der Waals surface area contributed by atoms with Crippen LogP contribution in [0.5, 0.6) is 0 Å². The molecule has 1 aliphatic heterocycles. The van der Waals surface area contributed by atoms with Crippen molar-refractivity contribution in [2.45, 2.75) is 29.9 Å². The minimum atomic E-state index is -3.77. The number of amides is 1. The number of hydrogen-bond donors (Lipinski definition) is 3. The number of benzene rings is 1. The van der Waals surface area contributed by atoms with Crippen LogP contribution in [0.3, 0.4) is 0 Å². The summed E-state index contributed by atoms with van der Waals surface area (Å²) in [6, 6.07) is 7.38. The summed E-state index contributed by atoms with van der Waals surface area (Å²) in [5, 5.41) is 22.6. The Morgan fingerprint density at radius 1 is 1.48 bits per heavy atom. The summed E-state index contributed by atoms with van der Waals surface area (Å²) >= 11 is 0. The molecule has 1 aliphatic rings. The molecule has 1 aromatic carbocycles. The second-order valence-corrected chi connectivity index (χ2v) is 7.89. The van der Waals surface area contributed by atoms with Crippen molar-refractivity contribution in [3.63, 3.8) is 0 Å². The van der Waals surface area contributed by atoms with E-state index in [2.05, 4.69) is 25.7 Å². The monoisotopic (exact) mass is 389 g/mol. The Hall–Kier alpha value is -2.81. The maximum Gasteiger partial charge on any atom is 0.240 e. The summed E-state index contributed by atoms with van der Waals surface area (Å²) in [5.41, 5.74) is 0.724. The third-order valence-electron chi connectivity index (χ3n) is 4.32. The van der Waals surface area contributed by atoms with Gasteiger partial charge in [-0.25, -0.2) is 17.8 Å². The number of nitrogens with one attached hydrogen (secondary N) is 3. The van der Waals surface area contributed by atoms with E-state index in [0.717, 1.165) is 0 Å². The molecular weight excluding hydrogens is 370 g/mol.